The van der Waals surface area contributed by atoms with Crippen LogP contribution in [0.2, 0.25) is 0 Å². The Kier molecular flexibility index (Phi) is 3.66. The number of amides is 1. The molecule has 1 aromatic heterocycles. The van der Waals surface area contributed by atoms with Gasteiger partial charge in [0.2, 0.25) is 5.91 Å². The van der Waals surface area contributed by atoms with Crippen LogP contribution < -0.4 is 16.4 Å². The topological polar surface area (TPSA) is 141 Å². The SMILES string of the molecule is O=C1CN(Cc2cc([N+](=O)[O-])cc3[nH]c(=O)c(=O)[nH]c23)CCN1. The third-order valence-electron chi connectivity index (χ3n) is 3.62. The maximum absolute atomic E-state index is 11.5. The molecule has 1 amide bonds. The number of hydrogen-bond donors (Lipinski definition) is 3. The van der Waals surface area contributed by atoms with Crippen molar-refractivity contribution in [1.29, 1.82) is 0 Å². The van der Waals surface area contributed by atoms with Crippen LogP contribution in [0.15, 0.2) is 21.7 Å². The maximum Gasteiger partial charge on any atom is 0.314 e. The van der Waals surface area contributed by atoms with Crippen molar-refractivity contribution in [1.82, 2.24) is 20.2 Å². The number of aromatic nitrogens is 2. The molecule has 10 nitrogen and oxygen atoms in total. The number of rotatable bonds is 3. The second-order valence-electron chi connectivity index (χ2n) is 5.25. The Hall–Kier alpha value is -3.01. The largest absolute Gasteiger partial charge is 0.354 e. The zero-order valence-electron chi connectivity index (χ0n) is 11.9. The van der Waals surface area contributed by atoms with Gasteiger partial charge in [-0.1, -0.05) is 0 Å². The summed E-state index contributed by atoms with van der Waals surface area (Å²) in [5, 5.41) is 13.7. The van der Waals surface area contributed by atoms with Crippen molar-refractivity contribution < 1.29 is 9.72 Å². The fraction of sp³-hybridized carbons (Fsp3) is 0.308. The number of benzene rings is 1. The lowest BCUT2D eigenvalue weighted by Gasteiger charge is -2.26. The van der Waals surface area contributed by atoms with Gasteiger partial charge in [0.05, 0.1) is 22.5 Å². The summed E-state index contributed by atoms with van der Waals surface area (Å²) in [6, 6.07) is 2.53. The monoisotopic (exact) mass is 319 g/mol. The van der Waals surface area contributed by atoms with Crippen molar-refractivity contribution >= 4 is 22.6 Å². The predicted octanol–water partition coefficient (Wildman–Crippen LogP) is -0.944. The smallest absolute Gasteiger partial charge is 0.314 e. The van der Waals surface area contributed by atoms with Crippen molar-refractivity contribution in [3.05, 3.63) is 48.5 Å². The van der Waals surface area contributed by atoms with Crippen LogP contribution in [0.1, 0.15) is 5.56 Å². The van der Waals surface area contributed by atoms with Crippen LogP contribution in [0.3, 0.4) is 0 Å². The van der Waals surface area contributed by atoms with Crippen LogP contribution in [-0.4, -0.2) is 45.3 Å². The molecule has 1 aromatic carbocycles. The van der Waals surface area contributed by atoms with Crippen LogP contribution in [0.5, 0.6) is 0 Å². The number of carbonyl (C=O) groups is 1. The van der Waals surface area contributed by atoms with Gasteiger partial charge in [-0.15, -0.1) is 0 Å². The van der Waals surface area contributed by atoms with Crippen LogP contribution in [0.4, 0.5) is 5.69 Å². The average Bonchev–Trinajstić information content (AvgIpc) is 2.49. The lowest BCUT2D eigenvalue weighted by atomic mass is 10.1. The van der Waals surface area contributed by atoms with E-state index in [4.69, 9.17) is 0 Å². The number of nitro benzene ring substituents is 1. The number of fused-ring (bicyclic) bond motifs is 1. The van der Waals surface area contributed by atoms with Gasteiger partial charge < -0.3 is 15.3 Å². The summed E-state index contributed by atoms with van der Waals surface area (Å²) in [7, 11) is 0. The van der Waals surface area contributed by atoms with Crippen molar-refractivity contribution in [2.75, 3.05) is 19.6 Å². The Morgan fingerprint density at radius 1 is 1.17 bits per heavy atom. The minimum atomic E-state index is -0.874. The molecule has 3 rings (SSSR count). The highest BCUT2D eigenvalue weighted by Gasteiger charge is 2.20. The van der Waals surface area contributed by atoms with Gasteiger partial charge in [0.25, 0.3) is 5.69 Å². The number of nitrogens with one attached hydrogen (secondary N) is 3. The number of non-ortho nitro benzene ring substituents is 1. The van der Waals surface area contributed by atoms with Crippen LogP contribution in [-0.2, 0) is 11.3 Å². The van der Waals surface area contributed by atoms with Crippen LogP contribution >= 0.6 is 0 Å². The number of hydrogen-bond acceptors (Lipinski definition) is 6. The van der Waals surface area contributed by atoms with E-state index in [1.807, 2.05) is 0 Å². The molecule has 1 aliphatic rings. The van der Waals surface area contributed by atoms with E-state index in [0.717, 1.165) is 0 Å². The molecule has 0 bridgehead atoms. The first kappa shape index (κ1) is 14.9. The molecule has 0 saturated carbocycles. The number of carbonyl (C=O) groups excluding carboxylic acids is 1. The molecule has 0 unspecified atom stereocenters. The highest BCUT2D eigenvalue weighted by molar-refractivity contribution is 5.81. The molecule has 1 fully saturated rings. The van der Waals surface area contributed by atoms with Gasteiger partial charge in [-0.05, 0) is 5.56 Å². The highest BCUT2D eigenvalue weighted by atomic mass is 16.6. The van der Waals surface area contributed by atoms with E-state index in [-0.39, 0.29) is 30.2 Å². The maximum atomic E-state index is 11.5. The molecule has 0 radical (unpaired) electrons. The molecule has 0 aliphatic carbocycles. The second-order valence-corrected chi connectivity index (χ2v) is 5.25. The number of nitro groups is 1. The Morgan fingerprint density at radius 2 is 1.91 bits per heavy atom. The van der Waals surface area contributed by atoms with Gasteiger partial charge in [-0.3, -0.25) is 29.4 Å². The molecular formula is C13H13N5O5. The molecule has 1 saturated heterocycles. The molecule has 0 spiro atoms. The standard InChI is InChI=1S/C13H13N5O5/c19-10-6-17(2-1-14-10)5-7-3-8(18(22)23)4-9-11(7)16-13(21)12(20)15-9/h3-4H,1-2,5-6H2,(H,14,19)(H,15,20)(H,16,21). The fourth-order valence-electron chi connectivity index (χ4n) is 2.58. The van der Waals surface area contributed by atoms with Gasteiger partial charge in [0.1, 0.15) is 0 Å². The van der Waals surface area contributed by atoms with E-state index in [0.29, 0.717) is 24.2 Å². The van der Waals surface area contributed by atoms with E-state index in [9.17, 15) is 24.5 Å². The molecular weight excluding hydrogens is 306 g/mol. The van der Waals surface area contributed by atoms with Gasteiger partial charge >= 0.3 is 11.1 Å². The van der Waals surface area contributed by atoms with Crippen molar-refractivity contribution in [2.45, 2.75) is 6.54 Å². The third-order valence-corrected chi connectivity index (χ3v) is 3.62. The molecule has 3 N–H and O–H groups in total. The van der Waals surface area contributed by atoms with Gasteiger partial charge in [0.15, 0.2) is 0 Å². The zero-order chi connectivity index (χ0) is 16.6. The van der Waals surface area contributed by atoms with E-state index >= 15 is 0 Å². The van der Waals surface area contributed by atoms with Crippen molar-refractivity contribution in [2.24, 2.45) is 0 Å². The van der Waals surface area contributed by atoms with Crippen LogP contribution in [0, 0.1) is 10.1 Å². The third kappa shape index (κ3) is 2.97. The first-order valence-corrected chi connectivity index (χ1v) is 6.87. The van der Waals surface area contributed by atoms with Gasteiger partial charge in [0, 0.05) is 31.8 Å². The lowest BCUT2D eigenvalue weighted by Crippen LogP contribution is -2.47. The number of H-pyrrole nitrogens is 2. The minimum absolute atomic E-state index is 0.132. The summed E-state index contributed by atoms with van der Waals surface area (Å²) in [4.78, 5) is 51.5. The molecule has 120 valence electrons. The zero-order valence-corrected chi connectivity index (χ0v) is 11.9. The number of aromatic amines is 2. The Labute approximate surface area is 128 Å². The van der Waals surface area contributed by atoms with E-state index in [1.165, 1.54) is 12.1 Å². The number of piperazine rings is 1. The molecule has 2 aromatic rings. The number of nitrogens with zero attached hydrogens (tertiary/aromatic N) is 2. The average molecular weight is 319 g/mol. The lowest BCUT2D eigenvalue weighted by molar-refractivity contribution is -0.384. The summed E-state index contributed by atoms with van der Waals surface area (Å²) >= 11 is 0. The summed E-state index contributed by atoms with van der Waals surface area (Å²) in [6.45, 7) is 1.48. The highest BCUT2D eigenvalue weighted by Crippen LogP contribution is 2.22. The summed E-state index contributed by atoms with van der Waals surface area (Å²) < 4.78 is 0. The first-order chi connectivity index (χ1) is 10.9. The second kappa shape index (κ2) is 5.65. The van der Waals surface area contributed by atoms with E-state index in [2.05, 4.69) is 15.3 Å². The molecule has 1 aliphatic heterocycles. The quantitative estimate of drug-likeness (QED) is 0.378. The van der Waals surface area contributed by atoms with Crippen molar-refractivity contribution in [3.63, 3.8) is 0 Å². The normalized spacial score (nSPS) is 15.6. The Morgan fingerprint density at radius 3 is 2.61 bits per heavy atom. The molecule has 10 heteroatoms. The van der Waals surface area contributed by atoms with Crippen molar-refractivity contribution in [3.8, 4) is 0 Å². The summed E-state index contributed by atoms with van der Waals surface area (Å²) in [5.41, 5.74) is -0.925. The van der Waals surface area contributed by atoms with E-state index < -0.39 is 16.0 Å². The summed E-state index contributed by atoms with van der Waals surface area (Å²) in [5.74, 6) is -0.132. The Balaban J connectivity index is 2.11. The fourth-order valence-corrected chi connectivity index (χ4v) is 2.58. The predicted molar refractivity (Wildman–Crippen MR) is 80.1 cm³/mol. The molecule has 2 heterocycles. The molecule has 0 atom stereocenters. The van der Waals surface area contributed by atoms with Crippen LogP contribution in [0.25, 0.3) is 11.0 Å². The molecule has 23 heavy (non-hydrogen) atoms. The minimum Gasteiger partial charge on any atom is -0.354 e. The van der Waals surface area contributed by atoms with Gasteiger partial charge in [-0.25, -0.2) is 0 Å². The summed E-state index contributed by atoms with van der Waals surface area (Å²) in [6.07, 6.45) is 0. The Bertz CT molecular complexity index is 915. The van der Waals surface area contributed by atoms with Gasteiger partial charge in [-0.2, -0.15) is 0 Å². The first-order valence-electron chi connectivity index (χ1n) is 6.87. The van der Waals surface area contributed by atoms with E-state index in [1.54, 1.807) is 4.90 Å².